The van der Waals surface area contributed by atoms with Gasteiger partial charge < -0.3 is 15.2 Å². The number of para-hydroxylation sites is 1. The fourth-order valence-electron chi connectivity index (χ4n) is 3.91. The van der Waals surface area contributed by atoms with E-state index in [1.807, 2.05) is 0 Å². The fourth-order valence-corrected chi connectivity index (χ4v) is 3.91. The summed E-state index contributed by atoms with van der Waals surface area (Å²) in [6.07, 6.45) is 6.40. The van der Waals surface area contributed by atoms with E-state index in [0.717, 1.165) is 6.54 Å². The van der Waals surface area contributed by atoms with Crippen LogP contribution in [0.5, 0.6) is 0 Å². The predicted octanol–water partition coefficient (Wildman–Crippen LogP) is 2.09. The van der Waals surface area contributed by atoms with E-state index in [4.69, 9.17) is 4.65 Å². The molecule has 1 aromatic carbocycles. The molecule has 4 heteroatoms. The molecule has 0 saturated heterocycles. The SMILES string of the molecule is COBNC1CCCC12CCNc1ccccc1C2. The van der Waals surface area contributed by atoms with Gasteiger partial charge >= 0.3 is 7.62 Å². The first-order chi connectivity index (χ1) is 9.34. The molecule has 1 fully saturated rings. The number of rotatable bonds is 3. The lowest BCUT2D eigenvalue weighted by atomic mass is 9.74. The van der Waals surface area contributed by atoms with Crippen LogP contribution in [0.3, 0.4) is 0 Å². The Kier molecular flexibility index (Phi) is 3.80. The number of nitrogens with one attached hydrogen (secondary N) is 2. The summed E-state index contributed by atoms with van der Waals surface area (Å²) in [6, 6.07) is 9.37. The summed E-state index contributed by atoms with van der Waals surface area (Å²) < 4.78 is 5.21. The zero-order valence-corrected chi connectivity index (χ0v) is 11.7. The molecular weight excluding hydrogens is 235 g/mol. The molecule has 1 aromatic rings. The normalized spacial score (nSPS) is 29.6. The first-order valence-electron chi connectivity index (χ1n) is 7.38. The van der Waals surface area contributed by atoms with E-state index in [1.165, 1.54) is 43.4 Å². The molecule has 1 saturated carbocycles. The number of benzene rings is 1. The molecule has 3 rings (SSSR count). The molecule has 3 nitrogen and oxygen atoms in total. The molecule has 1 heterocycles. The Morgan fingerprint density at radius 3 is 3.16 bits per heavy atom. The summed E-state index contributed by atoms with van der Waals surface area (Å²) in [5, 5.41) is 7.19. The van der Waals surface area contributed by atoms with E-state index in [0.29, 0.717) is 19.1 Å². The Labute approximate surface area is 116 Å². The van der Waals surface area contributed by atoms with Gasteiger partial charge in [0.05, 0.1) is 0 Å². The molecule has 0 bridgehead atoms. The zero-order valence-electron chi connectivity index (χ0n) is 11.7. The van der Waals surface area contributed by atoms with Gasteiger partial charge in [0.2, 0.25) is 0 Å². The third-order valence-corrected chi connectivity index (χ3v) is 4.88. The lowest BCUT2D eigenvalue weighted by Gasteiger charge is -2.35. The van der Waals surface area contributed by atoms with Gasteiger partial charge in [-0.05, 0) is 42.7 Å². The highest BCUT2D eigenvalue weighted by Crippen LogP contribution is 2.46. The highest BCUT2D eigenvalue weighted by Gasteiger charge is 2.43. The summed E-state index contributed by atoms with van der Waals surface area (Å²) in [4.78, 5) is 0. The molecule has 2 unspecified atom stereocenters. The molecule has 19 heavy (non-hydrogen) atoms. The first-order valence-corrected chi connectivity index (χ1v) is 7.38. The third kappa shape index (κ3) is 2.52. The van der Waals surface area contributed by atoms with Crippen molar-refractivity contribution in [3.63, 3.8) is 0 Å². The molecule has 2 N–H and O–H groups in total. The molecule has 102 valence electrons. The van der Waals surface area contributed by atoms with E-state index in [-0.39, 0.29) is 0 Å². The molecule has 2 aliphatic rings. The van der Waals surface area contributed by atoms with Crippen molar-refractivity contribution < 1.29 is 4.65 Å². The Balaban J connectivity index is 1.83. The average molecular weight is 258 g/mol. The zero-order chi connectivity index (χ0) is 13.1. The minimum absolute atomic E-state index is 0.415. The minimum atomic E-state index is 0.415. The van der Waals surface area contributed by atoms with Crippen molar-refractivity contribution >= 4 is 13.3 Å². The minimum Gasteiger partial charge on any atom is -0.427 e. The van der Waals surface area contributed by atoms with Crippen LogP contribution in [0.15, 0.2) is 24.3 Å². The van der Waals surface area contributed by atoms with Crippen molar-refractivity contribution in [3.8, 4) is 0 Å². The molecule has 1 spiro atoms. The van der Waals surface area contributed by atoms with Crippen molar-refractivity contribution in [2.24, 2.45) is 5.41 Å². The quantitative estimate of drug-likeness (QED) is 0.814. The van der Waals surface area contributed by atoms with Crippen LogP contribution in [0, 0.1) is 5.41 Å². The van der Waals surface area contributed by atoms with Gasteiger partial charge in [0.1, 0.15) is 0 Å². The summed E-state index contributed by atoms with van der Waals surface area (Å²) in [5.74, 6) is 0. The van der Waals surface area contributed by atoms with Crippen molar-refractivity contribution in [2.45, 2.75) is 38.1 Å². The number of hydrogen-bond donors (Lipinski definition) is 2. The molecule has 0 radical (unpaired) electrons. The monoisotopic (exact) mass is 258 g/mol. The van der Waals surface area contributed by atoms with E-state index in [9.17, 15) is 0 Å². The van der Waals surface area contributed by atoms with Gasteiger partial charge in [-0.15, -0.1) is 0 Å². The Hall–Kier alpha value is -0.995. The highest BCUT2D eigenvalue weighted by molar-refractivity contribution is 6.23. The highest BCUT2D eigenvalue weighted by atomic mass is 16.4. The van der Waals surface area contributed by atoms with Crippen LogP contribution in [-0.4, -0.2) is 27.3 Å². The summed E-state index contributed by atoms with van der Waals surface area (Å²) >= 11 is 0. The fraction of sp³-hybridized carbons (Fsp3) is 0.600. The predicted molar refractivity (Wildman–Crippen MR) is 80.6 cm³/mol. The second-order valence-electron chi connectivity index (χ2n) is 5.96. The molecule has 0 aromatic heterocycles. The van der Waals surface area contributed by atoms with Crippen molar-refractivity contribution in [3.05, 3.63) is 29.8 Å². The number of anilines is 1. The molecule has 0 amide bonds. The van der Waals surface area contributed by atoms with Gasteiger partial charge in [0.15, 0.2) is 0 Å². The average Bonchev–Trinajstić information content (AvgIpc) is 2.70. The maximum atomic E-state index is 5.21. The standard InChI is InChI=1S/C15H23BN2O/c1-19-16-18-14-7-4-8-15(14)9-10-17-13-6-3-2-5-12(13)11-15/h2-3,5-6,14,16-18H,4,7-11H2,1H3. The van der Waals surface area contributed by atoms with Crippen LogP contribution in [0.4, 0.5) is 5.69 Å². The van der Waals surface area contributed by atoms with Gasteiger partial charge in [-0.2, -0.15) is 0 Å². The van der Waals surface area contributed by atoms with Crippen LogP contribution in [0.25, 0.3) is 0 Å². The van der Waals surface area contributed by atoms with Gasteiger partial charge in [-0.3, -0.25) is 0 Å². The van der Waals surface area contributed by atoms with Crippen LogP contribution >= 0.6 is 0 Å². The second kappa shape index (κ2) is 5.55. The second-order valence-corrected chi connectivity index (χ2v) is 5.96. The largest absolute Gasteiger partial charge is 0.427 e. The maximum Gasteiger partial charge on any atom is 0.360 e. The van der Waals surface area contributed by atoms with Gasteiger partial charge in [0, 0.05) is 25.4 Å². The first kappa shape index (κ1) is 13.0. The number of fused-ring (bicyclic) bond motifs is 1. The number of hydrogen-bond acceptors (Lipinski definition) is 3. The van der Waals surface area contributed by atoms with Crippen molar-refractivity contribution in [1.29, 1.82) is 0 Å². The molecule has 2 atom stereocenters. The topological polar surface area (TPSA) is 33.3 Å². The van der Waals surface area contributed by atoms with E-state index >= 15 is 0 Å². The molecular formula is C15H23BN2O. The van der Waals surface area contributed by atoms with Crippen LogP contribution in [0.1, 0.15) is 31.2 Å². The van der Waals surface area contributed by atoms with Crippen molar-refractivity contribution in [1.82, 2.24) is 5.23 Å². The third-order valence-electron chi connectivity index (χ3n) is 4.88. The smallest absolute Gasteiger partial charge is 0.360 e. The van der Waals surface area contributed by atoms with Crippen LogP contribution in [0.2, 0.25) is 0 Å². The van der Waals surface area contributed by atoms with E-state index < -0.39 is 0 Å². The Morgan fingerprint density at radius 2 is 2.26 bits per heavy atom. The molecule has 1 aliphatic heterocycles. The summed E-state index contributed by atoms with van der Waals surface area (Å²) in [6.45, 7) is 1.09. The van der Waals surface area contributed by atoms with E-state index in [2.05, 4.69) is 34.8 Å². The maximum absolute atomic E-state index is 5.21. The summed E-state index contributed by atoms with van der Waals surface area (Å²) in [7, 11) is 2.43. The van der Waals surface area contributed by atoms with E-state index in [1.54, 1.807) is 7.11 Å². The van der Waals surface area contributed by atoms with Crippen LogP contribution in [-0.2, 0) is 11.1 Å². The van der Waals surface area contributed by atoms with Gasteiger partial charge in [0.25, 0.3) is 0 Å². The lowest BCUT2D eigenvalue weighted by molar-refractivity contribution is 0.227. The van der Waals surface area contributed by atoms with Crippen LogP contribution < -0.4 is 10.5 Å². The lowest BCUT2D eigenvalue weighted by Crippen LogP contribution is -2.45. The Bertz CT molecular complexity index is 440. The van der Waals surface area contributed by atoms with Crippen molar-refractivity contribution in [2.75, 3.05) is 19.0 Å². The molecule has 1 aliphatic carbocycles. The van der Waals surface area contributed by atoms with Gasteiger partial charge in [-0.25, -0.2) is 0 Å². The Morgan fingerprint density at radius 1 is 1.37 bits per heavy atom. The summed E-state index contributed by atoms with van der Waals surface area (Å²) in [5.41, 5.74) is 3.22. The van der Waals surface area contributed by atoms with Gasteiger partial charge in [-0.1, -0.05) is 24.6 Å².